The van der Waals surface area contributed by atoms with Crippen molar-refractivity contribution in [1.82, 2.24) is 14.1 Å². The van der Waals surface area contributed by atoms with Crippen LogP contribution in [0.5, 0.6) is 0 Å². The third-order valence-corrected chi connectivity index (χ3v) is 8.29. The van der Waals surface area contributed by atoms with Crippen LogP contribution in [0.25, 0.3) is 5.69 Å². The highest BCUT2D eigenvalue weighted by Crippen LogP contribution is 2.26. The predicted octanol–water partition coefficient (Wildman–Crippen LogP) is 4.67. The van der Waals surface area contributed by atoms with Gasteiger partial charge in [0.15, 0.2) is 0 Å². The molecule has 3 aromatic rings. The molecule has 174 valence electrons. The van der Waals surface area contributed by atoms with Crippen molar-refractivity contribution in [3.8, 4) is 5.69 Å². The molecule has 7 nitrogen and oxygen atoms in total. The lowest BCUT2D eigenvalue weighted by Gasteiger charge is -2.26. The predicted molar refractivity (Wildman–Crippen MR) is 132 cm³/mol. The van der Waals surface area contributed by atoms with E-state index in [9.17, 15) is 13.2 Å². The Labute approximate surface area is 198 Å². The quantitative estimate of drug-likeness (QED) is 0.531. The van der Waals surface area contributed by atoms with Gasteiger partial charge in [-0.3, -0.25) is 14.9 Å². The third-order valence-electron chi connectivity index (χ3n) is 5.98. The molecule has 0 saturated carbocycles. The van der Waals surface area contributed by atoms with Crippen LogP contribution in [-0.4, -0.2) is 41.8 Å². The van der Waals surface area contributed by atoms with Crippen molar-refractivity contribution in [2.45, 2.75) is 44.9 Å². The van der Waals surface area contributed by atoms with Crippen LogP contribution >= 0.6 is 11.6 Å². The number of hydrogen-bond acceptors (Lipinski definition) is 4. The molecule has 2 aromatic carbocycles. The van der Waals surface area contributed by atoms with Crippen LogP contribution in [0, 0.1) is 20.8 Å². The van der Waals surface area contributed by atoms with E-state index in [0.29, 0.717) is 40.7 Å². The van der Waals surface area contributed by atoms with Gasteiger partial charge >= 0.3 is 0 Å². The van der Waals surface area contributed by atoms with Gasteiger partial charge in [0.1, 0.15) is 0 Å². The van der Waals surface area contributed by atoms with Gasteiger partial charge in [-0.05, 0) is 75.1 Å². The van der Waals surface area contributed by atoms with Crippen LogP contribution in [-0.2, 0) is 10.0 Å². The molecule has 1 fully saturated rings. The van der Waals surface area contributed by atoms with E-state index >= 15 is 0 Å². The van der Waals surface area contributed by atoms with Gasteiger partial charge in [0.05, 0.1) is 21.8 Å². The number of rotatable bonds is 5. The summed E-state index contributed by atoms with van der Waals surface area (Å²) in [5, 5.41) is 3.64. The number of aliphatic imine (C=N–C) groups is 1. The summed E-state index contributed by atoms with van der Waals surface area (Å²) in [5.74, 6) is 0. The fourth-order valence-corrected chi connectivity index (χ4v) is 5.71. The third kappa shape index (κ3) is 4.69. The highest BCUT2D eigenvalue weighted by molar-refractivity contribution is 7.89. The SMILES string of the molecule is Cc1ccc(-n2[nH]c(C)c(C=Nc3ccc(S(=O)(=O)N4CCCCC4)cc3C)c2=O)cc1Cl. The number of aromatic amines is 1. The van der Waals surface area contributed by atoms with E-state index in [-0.39, 0.29) is 10.5 Å². The van der Waals surface area contributed by atoms with Crippen LogP contribution in [0.3, 0.4) is 0 Å². The molecule has 0 spiro atoms. The smallest absolute Gasteiger partial charge is 0.280 e. The number of nitrogens with one attached hydrogen (secondary N) is 1. The Morgan fingerprint density at radius 3 is 2.39 bits per heavy atom. The molecule has 1 aliphatic rings. The van der Waals surface area contributed by atoms with Crippen molar-refractivity contribution in [3.63, 3.8) is 0 Å². The molecule has 0 amide bonds. The molecule has 1 N–H and O–H groups in total. The lowest BCUT2D eigenvalue weighted by atomic mass is 10.2. The van der Waals surface area contributed by atoms with E-state index < -0.39 is 10.0 Å². The van der Waals surface area contributed by atoms with Crippen molar-refractivity contribution in [2.24, 2.45) is 4.99 Å². The molecule has 0 bridgehead atoms. The normalized spacial score (nSPS) is 15.4. The van der Waals surface area contributed by atoms with E-state index in [1.165, 1.54) is 10.9 Å². The Hall–Kier alpha value is -2.68. The van der Waals surface area contributed by atoms with Crippen molar-refractivity contribution < 1.29 is 8.42 Å². The van der Waals surface area contributed by atoms with Crippen molar-refractivity contribution in [2.75, 3.05) is 13.1 Å². The second-order valence-corrected chi connectivity index (χ2v) is 10.7. The Kier molecular flexibility index (Phi) is 6.61. The number of benzene rings is 2. The maximum absolute atomic E-state index is 13.0. The van der Waals surface area contributed by atoms with Gasteiger partial charge in [-0.2, -0.15) is 4.31 Å². The van der Waals surface area contributed by atoms with Crippen LogP contribution in [0.15, 0.2) is 51.1 Å². The van der Waals surface area contributed by atoms with Crippen LogP contribution in [0.1, 0.15) is 41.6 Å². The molecule has 4 rings (SSSR count). The van der Waals surface area contributed by atoms with Crippen molar-refractivity contribution in [3.05, 3.63) is 74.2 Å². The molecule has 1 aromatic heterocycles. The first-order valence-electron chi connectivity index (χ1n) is 10.9. The van der Waals surface area contributed by atoms with Gasteiger partial charge in [-0.1, -0.05) is 24.1 Å². The zero-order valence-electron chi connectivity index (χ0n) is 18.9. The van der Waals surface area contributed by atoms with Gasteiger partial charge in [-0.25, -0.2) is 13.1 Å². The summed E-state index contributed by atoms with van der Waals surface area (Å²) in [6.45, 7) is 6.64. The van der Waals surface area contributed by atoms with Crippen LogP contribution in [0.4, 0.5) is 5.69 Å². The second kappa shape index (κ2) is 9.29. The van der Waals surface area contributed by atoms with Gasteiger partial charge in [0, 0.05) is 30.0 Å². The summed E-state index contributed by atoms with van der Waals surface area (Å²) in [5.41, 5.74) is 3.76. The van der Waals surface area contributed by atoms with Crippen LogP contribution in [0.2, 0.25) is 5.02 Å². The van der Waals surface area contributed by atoms with E-state index in [0.717, 1.165) is 30.4 Å². The molecule has 1 saturated heterocycles. The lowest BCUT2D eigenvalue weighted by molar-refractivity contribution is 0.346. The minimum atomic E-state index is -3.50. The summed E-state index contributed by atoms with van der Waals surface area (Å²) in [4.78, 5) is 17.7. The Bertz CT molecular complexity index is 1380. The summed E-state index contributed by atoms with van der Waals surface area (Å²) in [6.07, 6.45) is 4.36. The van der Waals surface area contributed by atoms with Crippen molar-refractivity contribution >= 4 is 33.5 Å². The van der Waals surface area contributed by atoms with Gasteiger partial charge in [0.2, 0.25) is 10.0 Å². The zero-order chi connectivity index (χ0) is 23.8. The largest absolute Gasteiger partial charge is 0.295 e. The summed E-state index contributed by atoms with van der Waals surface area (Å²) >= 11 is 6.21. The number of aryl methyl sites for hydroxylation is 3. The molecule has 0 radical (unpaired) electrons. The minimum Gasteiger partial charge on any atom is -0.295 e. The summed E-state index contributed by atoms with van der Waals surface area (Å²) in [6, 6.07) is 10.3. The number of aromatic nitrogens is 2. The monoisotopic (exact) mass is 486 g/mol. The minimum absolute atomic E-state index is 0.238. The van der Waals surface area contributed by atoms with E-state index in [2.05, 4.69) is 10.1 Å². The molecule has 9 heteroatoms. The maximum atomic E-state index is 13.0. The Morgan fingerprint density at radius 2 is 1.73 bits per heavy atom. The molecule has 33 heavy (non-hydrogen) atoms. The number of sulfonamides is 1. The van der Waals surface area contributed by atoms with Gasteiger partial charge in [-0.15, -0.1) is 0 Å². The average molecular weight is 487 g/mol. The Balaban J connectivity index is 1.61. The first-order chi connectivity index (χ1) is 15.7. The number of H-pyrrole nitrogens is 1. The molecule has 2 heterocycles. The molecule has 0 atom stereocenters. The van der Waals surface area contributed by atoms with E-state index in [4.69, 9.17) is 11.6 Å². The van der Waals surface area contributed by atoms with E-state index in [1.807, 2.05) is 26.0 Å². The molecule has 0 unspecified atom stereocenters. The Morgan fingerprint density at radius 1 is 1.00 bits per heavy atom. The van der Waals surface area contributed by atoms with Gasteiger partial charge in [0.25, 0.3) is 5.56 Å². The van der Waals surface area contributed by atoms with E-state index in [1.54, 1.807) is 35.5 Å². The average Bonchev–Trinajstić information content (AvgIpc) is 3.08. The second-order valence-electron chi connectivity index (χ2n) is 8.40. The lowest BCUT2D eigenvalue weighted by Crippen LogP contribution is -2.35. The molecule has 1 aliphatic heterocycles. The first-order valence-corrected chi connectivity index (χ1v) is 12.7. The highest BCUT2D eigenvalue weighted by atomic mass is 35.5. The van der Waals surface area contributed by atoms with Crippen molar-refractivity contribution in [1.29, 1.82) is 0 Å². The van der Waals surface area contributed by atoms with Gasteiger partial charge < -0.3 is 0 Å². The summed E-state index contributed by atoms with van der Waals surface area (Å²) in [7, 11) is -3.50. The topological polar surface area (TPSA) is 87.5 Å². The number of halogens is 1. The fraction of sp³-hybridized carbons (Fsp3) is 0.333. The zero-order valence-corrected chi connectivity index (χ0v) is 20.5. The molecule has 0 aliphatic carbocycles. The maximum Gasteiger partial charge on any atom is 0.280 e. The number of piperidine rings is 1. The number of nitrogens with zero attached hydrogens (tertiary/aromatic N) is 3. The fourth-order valence-electron chi connectivity index (χ4n) is 3.94. The highest BCUT2D eigenvalue weighted by Gasteiger charge is 2.26. The standard InChI is InChI=1S/C24H27ClN4O3S/c1-16-7-8-19(14-22(16)25)29-24(30)21(18(3)27-29)15-26-23-10-9-20(13-17(23)2)33(31,32)28-11-5-4-6-12-28/h7-10,13-15,27H,4-6,11-12H2,1-3H3. The first kappa shape index (κ1) is 23.5. The summed E-state index contributed by atoms with van der Waals surface area (Å²) < 4.78 is 28.8. The van der Waals surface area contributed by atoms with Crippen LogP contribution < -0.4 is 5.56 Å². The molecular formula is C24H27ClN4O3S. The molecular weight excluding hydrogens is 460 g/mol. The number of hydrogen-bond donors (Lipinski definition) is 1.